The van der Waals surface area contributed by atoms with Crippen LogP contribution in [0.2, 0.25) is 0 Å². The van der Waals surface area contributed by atoms with Crippen molar-refractivity contribution < 1.29 is 19.1 Å². The first kappa shape index (κ1) is 26.3. The number of piperidine rings is 2. The summed E-state index contributed by atoms with van der Waals surface area (Å²) in [6.45, 7) is 5.29. The molecular weight excluding hydrogens is 474 g/mol. The molecule has 0 atom stereocenters. The number of carbonyl (C=O) groups excluding carboxylic acids is 2. The van der Waals surface area contributed by atoms with Crippen molar-refractivity contribution in [2.45, 2.75) is 44.1 Å². The Kier molecular flexibility index (Phi) is 9.13. The first-order chi connectivity index (χ1) is 17.5. The van der Waals surface area contributed by atoms with Gasteiger partial charge in [0.2, 0.25) is 5.91 Å². The molecule has 3 heterocycles. The molecule has 194 valence electrons. The van der Waals surface area contributed by atoms with E-state index in [1.807, 2.05) is 40.1 Å². The third kappa shape index (κ3) is 6.14. The summed E-state index contributed by atoms with van der Waals surface area (Å²) in [5.74, 6) is 3.73. The lowest BCUT2D eigenvalue weighted by Crippen LogP contribution is -2.44. The van der Waals surface area contributed by atoms with E-state index in [-0.39, 0.29) is 11.8 Å². The molecule has 4 rings (SSSR count). The van der Waals surface area contributed by atoms with Gasteiger partial charge < -0.3 is 19.3 Å². The van der Waals surface area contributed by atoms with Gasteiger partial charge >= 0.3 is 0 Å². The normalized spacial score (nSPS) is 17.2. The van der Waals surface area contributed by atoms with Crippen LogP contribution in [0.5, 0.6) is 11.5 Å². The lowest BCUT2D eigenvalue weighted by atomic mass is 9.78. The standard InChI is InChI=1S/C28H37N3O4S/c1-4-36-27-23(6-5-13-29-27)28(33)31-16-11-22(12-17-31)21-9-14-30(15-10-21)26(32)19-20-7-8-24(34-2)25(18-20)35-3/h5-8,13,18,21-22H,4,9-12,14-17,19H2,1-3H3. The monoisotopic (exact) mass is 511 g/mol. The Balaban J connectivity index is 1.25. The number of rotatable bonds is 8. The number of benzene rings is 1. The maximum atomic E-state index is 13.1. The number of nitrogens with zero attached hydrogens (tertiary/aromatic N) is 3. The summed E-state index contributed by atoms with van der Waals surface area (Å²) in [6, 6.07) is 9.40. The second kappa shape index (κ2) is 12.5. The molecule has 1 aromatic carbocycles. The van der Waals surface area contributed by atoms with Crippen LogP contribution < -0.4 is 9.47 Å². The average Bonchev–Trinajstić information content (AvgIpc) is 2.93. The van der Waals surface area contributed by atoms with Crippen molar-refractivity contribution in [2.24, 2.45) is 11.8 Å². The number of methoxy groups -OCH3 is 2. The lowest BCUT2D eigenvalue weighted by molar-refractivity contribution is -0.132. The van der Waals surface area contributed by atoms with E-state index in [4.69, 9.17) is 9.47 Å². The van der Waals surface area contributed by atoms with Gasteiger partial charge in [-0.3, -0.25) is 9.59 Å². The van der Waals surface area contributed by atoms with Crippen LogP contribution in [0.15, 0.2) is 41.6 Å². The lowest BCUT2D eigenvalue weighted by Gasteiger charge is -2.40. The third-order valence-corrected chi connectivity index (χ3v) is 8.36. The van der Waals surface area contributed by atoms with Crippen molar-refractivity contribution >= 4 is 23.6 Å². The molecule has 0 saturated carbocycles. The molecule has 2 amide bonds. The molecule has 0 N–H and O–H groups in total. The molecule has 0 bridgehead atoms. The molecular formula is C28H37N3O4S. The molecule has 1 aromatic heterocycles. The highest BCUT2D eigenvalue weighted by atomic mass is 32.2. The summed E-state index contributed by atoms with van der Waals surface area (Å²) in [5, 5.41) is 0.831. The predicted molar refractivity (Wildman–Crippen MR) is 142 cm³/mol. The van der Waals surface area contributed by atoms with Crippen molar-refractivity contribution in [3.8, 4) is 11.5 Å². The van der Waals surface area contributed by atoms with Gasteiger partial charge in [-0.1, -0.05) is 13.0 Å². The van der Waals surface area contributed by atoms with Crippen molar-refractivity contribution in [1.29, 1.82) is 0 Å². The van der Waals surface area contributed by atoms with Crippen LogP contribution in [0.3, 0.4) is 0 Å². The Morgan fingerprint density at radius 3 is 2.19 bits per heavy atom. The van der Waals surface area contributed by atoms with Gasteiger partial charge in [-0.25, -0.2) is 4.98 Å². The Labute approximate surface area is 218 Å². The highest BCUT2D eigenvalue weighted by Gasteiger charge is 2.32. The number of likely N-dealkylation sites (tertiary alicyclic amines) is 2. The van der Waals surface area contributed by atoms with Crippen molar-refractivity contribution in [2.75, 3.05) is 46.2 Å². The minimum absolute atomic E-state index is 0.105. The molecule has 8 heteroatoms. The third-order valence-electron chi connectivity index (χ3n) is 7.47. The van der Waals surface area contributed by atoms with Gasteiger partial charge in [0.25, 0.3) is 5.91 Å². The average molecular weight is 512 g/mol. The molecule has 2 saturated heterocycles. The number of amides is 2. The summed E-state index contributed by atoms with van der Waals surface area (Å²) in [7, 11) is 3.22. The van der Waals surface area contributed by atoms with Gasteiger partial charge in [0.1, 0.15) is 5.03 Å². The van der Waals surface area contributed by atoms with E-state index < -0.39 is 0 Å². The summed E-state index contributed by atoms with van der Waals surface area (Å²) in [4.78, 5) is 34.5. The minimum atomic E-state index is 0.105. The van der Waals surface area contributed by atoms with Crippen molar-refractivity contribution in [3.05, 3.63) is 47.7 Å². The van der Waals surface area contributed by atoms with E-state index in [1.54, 1.807) is 32.2 Å². The molecule has 0 aliphatic carbocycles. The Morgan fingerprint density at radius 2 is 1.58 bits per heavy atom. The van der Waals surface area contributed by atoms with Gasteiger partial charge in [-0.2, -0.15) is 0 Å². The Morgan fingerprint density at radius 1 is 0.944 bits per heavy atom. The van der Waals surface area contributed by atoms with E-state index in [2.05, 4.69) is 11.9 Å². The van der Waals surface area contributed by atoms with Crippen LogP contribution in [0.1, 0.15) is 48.5 Å². The molecule has 0 unspecified atom stereocenters. The summed E-state index contributed by atoms with van der Waals surface area (Å²) in [6.07, 6.45) is 6.27. The highest BCUT2D eigenvalue weighted by molar-refractivity contribution is 7.99. The summed E-state index contributed by atoms with van der Waals surface area (Å²) >= 11 is 1.62. The number of hydrogen-bond donors (Lipinski definition) is 0. The molecule has 0 radical (unpaired) electrons. The smallest absolute Gasteiger partial charge is 0.256 e. The first-order valence-electron chi connectivity index (χ1n) is 12.9. The van der Waals surface area contributed by atoms with Gasteiger partial charge in [0.15, 0.2) is 11.5 Å². The highest BCUT2D eigenvalue weighted by Crippen LogP contribution is 2.34. The topological polar surface area (TPSA) is 72.0 Å². The van der Waals surface area contributed by atoms with Crippen LogP contribution in [0, 0.1) is 11.8 Å². The van der Waals surface area contributed by atoms with E-state index >= 15 is 0 Å². The molecule has 2 aliphatic heterocycles. The SMILES string of the molecule is CCSc1ncccc1C(=O)N1CCC(C2CCN(C(=O)Cc3ccc(OC)c(OC)c3)CC2)CC1. The van der Waals surface area contributed by atoms with Crippen molar-refractivity contribution in [3.63, 3.8) is 0 Å². The predicted octanol–water partition coefficient (Wildman–Crippen LogP) is 4.54. The van der Waals surface area contributed by atoms with Crippen LogP contribution in [0.25, 0.3) is 0 Å². The molecule has 7 nitrogen and oxygen atoms in total. The number of thioether (sulfide) groups is 1. The Hall–Kier alpha value is -2.74. The number of ether oxygens (including phenoxy) is 2. The zero-order valence-corrected chi connectivity index (χ0v) is 22.4. The van der Waals surface area contributed by atoms with Gasteiger partial charge in [-0.15, -0.1) is 11.8 Å². The van der Waals surface area contributed by atoms with E-state index in [0.717, 1.165) is 73.8 Å². The first-order valence-corrected chi connectivity index (χ1v) is 13.9. The second-order valence-electron chi connectivity index (χ2n) is 9.50. The molecule has 2 fully saturated rings. The zero-order valence-electron chi connectivity index (χ0n) is 21.6. The maximum Gasteiger partial charge on any atom is 0.256 e. The van der Waals surface area contributed by atoms with Crippen LogP contribution in [0.4, 0.5) is 0 Å². The molecule has 0 spiro atoms. The van der Waals surface area contributed by atoms with Gasteiger partial charge in [0, 0.05) is 32.4 Å². The van der Waals surface area contributed by atoms with Gasteiger partial charge in [-0.05, 0) is 73.1 Å². The van der Waals surface area contributed by atoms with Gasteiger partial charge in [0.05, 0.1) is 26.2 Å². The van der Waals surface area contributed by atoms with Crippen LogP contribution >= 0.6 is 11.8 Å². The van der Waals surface area contributed by atoms with E-state index in [0.29, 0.717) is 29.8 Å². The van der Waals surface area contributed by atoms with Crippen LogP contribution in [-0.2, 0) is 11.2 Å². The summed E-state index contributed by atoms with van der Waals surface area (Å²) in [5.41, 5.74) is 1.66. The fourth-order valence-corrected chi connectivity index (χ4v) is 6.17. The number of hydrogen-bond acceptors (Lipinski definition) is 6. The Bertz CT molecular complexity index is 1050. The molecule has 36 heavy (non-hydrogen) atoms. The van der Waals surface area contributed by atoms with Crippen LogP contribution in [-0.4, -0.2) is 72.7 Å². The van der Waals surface area contributed by atoms with E-state index in [1.165, 1.54) is 0 Å². The molecule has 2 aromatic rings. The largest absolute Gasteiger partial charge is 0.493 e. The number of aromatic nitrogens is 1. The maximum absolute atomic E-state index is 13.1. The quantitative estimate of drug-likeness (QED) is 0.485. The minimum Gasteiger partial charge on any atom is -0.493 e. The number of pyridine rings is 1. The zero-order chi connectivity index (χ0) is 25.5. The fourth-order valence-electron chi connectivity index (χ4n) is 5.45. The molecule has 2 aliphatic rings. The van der Waals surface area contributed by atoms with E-state index in [9.17, 15) is 9.59 Å². The summed E-state index contributed by atoms with van der Waals surface area (Å²) < 4.78 is 10.7. The van der Waals surface area contributed by atoms with Crippen molar-refractivity contribution in [1.82, 2.24) is 14.8 Å². The second-order valence-corrected chi connectivity index (χ2v) is 10.8. The fraction of sp³-hybridized carbons (Fsp3) is 0.536. The number of carbonyl (C=O) groups is 2.